The maximum absolute atomic E-state index is 11.8. The van der Waals surface area contributed by atoms with Gasteiger partial charge in [0.2, 0.25) is 0 Å². The highest BCUT2D eigenvalue weighted by Gasteiger charge is 2.11. The Labute approximate surface area is 128 Å². The van der Waals surface area contributed by atoms with Crippen molar-refractivity contribution in [2.45, 2.75) is 20.0 Å². The van der Waals surface area contributed by atoms with Crippen LogP contribution in [0.3, 0.4) is 0 Å². The fourth-order valence-corrected chi connectivity index (χ4v) is 2.52. The molecule has 0 saturated carbocycles. The molecule has 0 fully saturated rings. The summed E-state index contributed by atoms with van der Waals surface area (Å²) in [6.45, 7) is 7.98. The van der Waals surface area contributed by atoms with Crippen molar-refractivity contribution in [3.05, 3.63) is 48.0 Å². The number of nitrogens with one attached hydrogen (secondary N) is 1. The van der Waals surface area contributed by atoms with Gasteiger partial charge in [-0.1, -0.05) is 6.08 Å². The molecule has 0 unspecified atom stereocenters. The first kappa shape index (κ1) is 15.3. The number of carbonyl (C=O) groups excluding carboxylic acids is 1. The van der Waals surface area contributed by atoms with E-state index in [1.807, 2.05) is 38.1 Å². The van der Waals surface area contributed by atoms with E-state index in [-0.39, 0.29) is 12.0 Å². The first-order chi connectivity index (χ1) is 10.1. The lowest BCUT2D eigenvalue weighted by Crippen LogP contribution is -2.23. The maximum Gasteiger partial charge on any atom is 0.271 e. The van der Waals surface area contributed by atoms with Gasteiger partial charge in [-0.3, -0.25) is 4.79 Å². The largest absolute Gasteiger partial charge is 0.491 e. The predicted molar refractivity (Wildman–Crippen MR) is 85.8 cm³/mol. The fraction of sp³-hybridized carbons (Fsp3) is 0.250. The zero-order valence-electron chi connectivity index (χ0n) is 12.1. The lowest BCUT2D eigenvalue weighted by atomic mass is 10.2. The van der Waals surface area contributed by atoms with Crippen LogP contribution >= 0.6 is 11.3 Å². The smallest absolute Gasteiger partial charge is 0.271 e. The van der Waals surface area contributed by atoms with Crippen LogP contribution in [0.15, 0.2) is 42.3 Å². The Bertz CT molecular complexity index is 617. The van der Waals surface area contributed by atoms with Crippen LogP contribution in [0.5, 0.6) is 5.75 Å². The number of hydrogen-bond donors (Lipinski definition) is 1. The van der Waals surface area contributed by atoms with Crippen molar-refractivity contribution < 1.29 is 9.53 Å². The maximum atomic E-state index is 11.8. The predicted octanol–water partition coefficient (Wildman–Crippen LogP) is 3.51. The highest BCUT2D eigenvalue weighted by molar-refractivity contribution is 7.13. The molecule has 0 spiro atoms. The number of nitrogens with zero attached hydrogens (tertiary/aromatic N) is 1. The van der Waals surface area contributed by atoms with Crippen molar-refractivity contribution in [1.82, 2.24) is 10.3 Å². The summed E-state index contributed by atoms with van der Waals surface area (Å²) in [4.78, 5) is 16.1. The lowest BCUT2D eigenvalue weighted by molar-refractivity contribution is 0.0954. The Hall–Kier alpha value is -2.14. The number of thiazole rings is 1. The van der Waals surface area contributed by atoms with E-state index in [1.54, 1.807) is 11.5 Å². The summed E-state index contributed by atoms with van der Waals surface area (Å²) in [6.07, 6.45) is 1.79. The normalized spacial score (nSPS) is 10.4. The summed E-state index contributed by atoms with van der Waals surface area (Å²) >= 11 is 1.45. The monoisotopic (exact) mass is 302 g/mol. The molecule has 1 heterocycles. The zero-order chi connectivity index (χ0) is 15.2. The van der Waals surface area contributed by atoms with Crippen LogP contribution in [0.1, 0.15) is 24.3 Å². The van der Waals surface area contributed by atoms with Gasteiger partial charge in [-0.2, -0.15) is 0 Å². The van der Waals surface area contributed by atoms with Crippen LogP contribution in [0.2, 0.25) is 0 Å². The summed E-state index contributed by atoms with van der Waals surface area (Å²) in [5.74, 6) is 0.645. The van der Waals surface area contributed by atoms with Crippen LogP contribution in [-0.4, -0.2) is 23.5 Å². The molecule has 0 saturated heterocycles. The van der Waals surface area contributed by atoms with Crippen LogP contribution in [-0.2, 0) is 0 Å². The molecule has 0 radical (unpaired) electrons. The molecule has 110 valence electrons. The summed E-state index contributed by atoms with van der Waals surface area (Å²) in [5, 5.41) is 5.28. The summed E-state index contributed by atoms with van der Waals surface area (Å²) < 4.78 is 5.60. The van der Waals surface area contributed by atoms with E-state index < -0.39 is 0 Å². The zero-order valence-corrected chi connectivity index (χ0v) is 12.9. The number of carbonyl (C=O) groups is 1. The molecule has 0 bridgehead atoms. The van der Waals surface area contributed by atoms with Crippen molar-refractivity contribution in [3.63, 3.8) is 0 Å². The van der Waals surface area contributed by atoms with E-state index in [9.17, 15) is 4.79 Å². The van der Waals surface area contributed by atoms with Gasteiger partial charge in [-0.25, -0.2) is 4.98 Å². The molecule has 0 atom stereocenters. The van der Waals surface area contributed by atoms with E-state index in [1.165, 1.54) is 11.3 Å². The van der Waals surface area contributed by atoms with Crippen molar-refractivity contribution in [2.24, 2.45) is 0 Å². The molecule has 21 heavy (non-hydrogen) atoms. The van der Waals surface area contributed by atoms with Crippen molar-refractivity contribution >= 4 is 17.2 Å². The molecule has 5 heteroatoms. The molecular formula is C16H18N2O2S. The van der Waals surface area contributed by atoms with Crippen LogP contribution in [0.4, 0.5) is 0 Å². The minimum absolute atomic E-state index is 0.149. The van der Waals surface area contributed by atoms with E-state index in [4.69, 9.17) is 4.74 Å². The van der Waals surface area contributed by atoms with Gasteiger partial charge in [0.05, 0.1) is 6.10 Å². The molecule has 1 amide bonds. The van der Waals surface area contributed by atoms with Gasteiger partial charge >= 0.3 is 0 Å². The second-order valence-electron chi connectivity index (χ2n) is 4.73. The summed E-state index contributed by atoms with van der Waals surface area (Å²) in [5.41, 5.74) is 1.40. The van der Waals surface area contributed by atoms with Crippen molar-refractivity contribution in [3.8, 4) is 16.3 Å². The number of benzene rings is 1. The molecule has 0 aliphatic heterocycles. The first-order valence-corrected chi connectivity index (χ1v) is 7.60. The third kappa shape index (κ3) is 4.16. The molecule has 2 aromatic rings. The Kier molecular flexibility index (Phi) is 5.11. The van der Waals surface area contributed by atoms with Gasteiger partial charge in [-0.05, 0) is 38.1 Å². The van der Waals surface area contributed by atoms with Crippen LogP contribution in [0, 0.1) is 0 Å². The quantitative estimate of drug-likeness (QED) is 0.831. The van der Waals surface area contributed by atoms with E-state index in [0.29, 0.717) is 12.2 Å². The molecule has 1 aromatic heterocycles. The van der Waals surface area contributed by atoms with Crippen molar-refractivity contribution in [1.29, 1.82) is 0 Å². The third-order valence-corrected chi connectivity index (χ3v) is 3.51. The van der Waals surface area contributed by atoms with E-state index in [2.05, 4.69) is 16.9 Å². The molecular weight excluding hydrogens is 284 g/mol. The Morgan fingerprint density at radius 1 is 1.43 bits per heavy atom. The molecule has 1 N–H and O–H groups in total. The highest BCUT2D eigenvalue weighted by atomic mass is 32.1. The minimum Gasteiger partial charge on any atom is -0.491 e. The molecule has 0 aliphatic rings. The van der Waals surface area contributed by atoms with Gasteiger partial charge < -0.3 is 10.1 Å². The van der Waals surface area contributed by atoms with Gasteiger partial charge in [0.1, 0.15) is 16.5 Å². The lowest BCUT2D eigenvalue weighted by Gasteiger charge is -2.09. The van der Waals surface area contributed by atoms with Crippen molar-refractivity contribution in [2.75, 3.05) is 6.54 Å². The first-order valence-electron chi connectivity index (χ1n) is 6.72. The topological polar surface area (TPSA) is 51.2 Å². The van der Waals surface area contributed by atoms with E-state index in [0.717, 1.165) is 16.3 Å². The number of aromatic nitrogens is 1. The van der Waals surface area contributed by atoms with E-state index >= 15 is 0 Å². The molecule has 2 rings (SSSR count). The second kappa shape index (κ2) is 7.04. The highest BCUT2D eigenvalue weighted by Crippen LogP contribution is 2.26. The third-order valence-electron chi connectivity index (χ3n) is 2.62. The van der Waals surface area contributed by atoms with Crippen LogP contribution < -0.4 is 10.1 Å². The van der Waals surface area contributed by atoms with Gasteiger partial charge in [0.15, 0.2) is 0 Å². The standard InChI is InChI=1S/C16H18N2O2S/c1-4-9-17-15(19)14-10-21-16(18-14)12-5-7-13(8-6-12)20-11(2)3/h4-8,10-11H,1,9H2,2-3H3,(H,17,19). The Balaban J connectivity index is 2.10. The molecule has 4 nitrogen and oxygen atoms in total. The number of hydrogen-bond acceptors (Lipinski definition) is 4. The number of amides is 1. The SMILES string of the molecule is C=CCNC(=O)c1csc(-c2ccc(OC(C)C)cc2)n1. The van der Waals surface area contributed by atoms with Gasteiger partial charge in [-0.15, -0.1) is 17.9 Å². The number of rotatable bonds is 6. The second-order valence-corrected chi connectivity index (χ2v) is 5.59. The Morgan fingerprint density at radius 2 is 2.14 bits per heavy atom. The number of ether oxygens (including phenoxy) is 1. The van der Waals surface area contributed by atoms with Gasteiger partial charge in [0, 0.05) is 17.5 Å². The van der Waals surface area contributed by atoms with Gasteiger partial charge in [0.25, 0.3) is 5.91 Å². The fourth-order valence-electron chi connectivity index (χ4n) is 1.71. The van der Waals surface area contributed by atoms with Crippen LogP contribution in [0.25, 0.3) is 10.6 Å². The average Bonchev–Trinajstić information content (AvgIpc) is 2.95. The summed E-state index contributed by atoms with van der Waals surface area (Å²) in [7, 11) is 0. The molecule has 0 aliphatic carbocycles. The minimum atomic E-state index is -0.183. The summed E-state index contributed by atoms with van der Waals surface area (Å²) in [6, 6.07) is 7.71. The molecule has 1 aromatic carbocycles. The average molecular weight is 302 g/mol. The Morgan fingerprint density at radius 3 is 2.76 bits per heavy atom.